The van der Waals surface area contributed by atoms with E-state index in [2.05, 4.69) is 31.3 Å². The van der Waals surface area contributed by atoms with Crippen LogP contribution in [0.25, 0.3) is 0 Å². The van der Waals surface area contributed by atoms with Gasteiger partial charge in [-0.1, -0.05) is 5.21 Å². The normalized spacial score (nSPS) is 10.2. The number of nitrogens with zero attached hydrogens (tertiary/aromatic N) is 5. The number of rotatable bonds is 6. The van der Waals surface area contributed by atoms with Gasteiger partial charge >= 0.3 is 0 Å². The van der Waals surface area contributed by atoms with Gasteiger partial charge in [-0.3, -0.25) is 9.48 Å². The van der Waals surface area contributed by atoms with Crippen molar-refractivity contribution in [1.82, 2.24) is 30.5 Å². The topological polar surface area (TPSA) is 124 Å². The van der Waals surface area contributed by atoms with Gasteiger partial charge in [0, 0.05) is 19.3 Å². The van der Waals surface area contributed by atoms with Gasteiger partial charge in [-0.2, -0.15) is 0 Å². The highest BCUT2D eigenvalue weighted by molar-refractivity contribution is 5.92. The van der Waals surface area contributed by atoms with Crippen molar-refractivity contribution in [3.63, 3.8) is 0 Å². The molecule has 9 nitrogen and oxygen atoms in total. The maximum atomic E-state index is 11.7. The van der Waals surface area contributed by atoms with Gasteiger partial charge in [0.05, 0.1) is 6.20 Å². The zero-order valence-electron chi connectivity index (χ0n) is 10.2. The fraction of sp³-hybridized carbons (Fsp3) is 0.300. The largest absolute Gasteiger partial charge is 0.351 e. The molecule has 0 spiro atoms. The lowest BCUT2D eigenvalue weighted by atomic mass is 10.3. The molecule has 0 fully saturated rings. The number of carbonyl (C=O) groups excluding carboxylic acids is 1. The first kappa shape index (κ1) is 12.9. The summed E-state index contributed by atoms with van der Waals surface area (Å²) in [6.07, 6.45) is 4.14. The molecule has 1 amide bonds. The summed E-state index contributed by atoms with van der Waals surface area (Å²) in [6.45, 7) is 1.22. The van der Waals surface area contributed by atoms with Crippen molar-refractivity contribution in [2.75, 3.05) is 12.0 Å². The van der Waals surface area contributed by atoms with E-state index in [1.165, 1.54) is 0 Å². The summed E-state index contributed by atoms with van der Waals surface area (Å²) in [5.74, 6) is 5.29. The minimum Gasteiger partial charge on any atom is -0.351 e. The summed E-state index contributed by atoms with van der Waals surface area (Å²) in [7, 11) is 0. The Bertz CT molecular complexity index is 509. The lowest BCUT2D eigenvalue weighted by Crippen LogP contribution is -2.26. The van der Waals surface area contributed by atoms with E-state index in [9.17, 15) is 4.79 Å². The Morgan fingerprint density at radius 2 is 2.26 bits per heavy atom. The van der Waals surface area contributed by atoms with E-state index in [0.29, 0.717) is 18.9 Å². The average Bonchev–Trinajstić information content (AvgIpc) is 2.96. The van der Waals surface area contributed by atoms with Crippen molar-refractivity contribution in [3.8, 4) is 0 Å². The number of nitrogen functional groups attached to an aromatic ring is 1. The summed E-state index contributed by atoms with van der Waals surface area (Å²) in [4.78, 5) is 11.7. The van der Waals surface area contributed by atoms with Crippen LogP contribution in [0.5, 0.6) is 0 Å². The SMILES string of the molecule is NNc1ccc(C(=O)NCCCn2ccnn2)nn1. The van der Waals surface area contributed by atoms with Gasteiger partial charge < -0.3 is 10.7 Å². The molecular formula is C10H14N8O. The third kappa shape index (κ3) is 3.71. The van der Waals surface area contributed by atoms with Crippen LogP contribution in [0.2, 0.25) is 0 Å². The summed E-state index contributed by atoms with van der Waals surface area (Å²) in [5, 5.41) is 17.7. The van der Waals surface area contributed by atoms with Crippen LogP contribution >= 0.6 is 0 Å². The highest BCUT2D eigenvalue weighted by Gasteiger charge is 2.07. The molecule has 0 atom stereocenters. The number of hydrogen-bond donors (Lipinski definition) is 3. The van der Waals surface area contributed by atoms with E-state index in [4.69, 9.17) is 5.84 Å². The second-order valence-corrected chi connectivity index (χ2v) is 3.72. The molecule has 0 aliphatic carbocycles. The average molecular weight is 262 g/mol. The second-order valence-electron chi connectivity index (χ2n) is 3.72. The summed E-state index contributed by atoms with van der Waals surface area (Å²) in [5.41, 5.74) is 2.59. The molecule has 100 valence electrons. The predicted molar refractivity (Wildman–Crippen MR) is 66.8 cm³/mol. The van der Waals surface area contributed by atoms with E-state index in [-0.39, 0.29) is 11.6 Å². The van der Waals surface area contributed by atoms with E-state index >= 15 is 0 Å². The molecule has 0 aliphatic rings. The first-order valence-electron chi connectivity index (χ1n) is 5.72. The Morgan fingerprint density at radius 3 is 2.89 bits per heavy atom. The molecular weight excluding hydrogens is 248 g/mol. The highest BCUT2D eigenvalue weighted by Crippen LogP contribution is 1.99. The van der Waals surface area contributed by atoms with Crippen LogP contribution in [-0.4, -0.2) is 37.6 Å². The molecule has 0 saturated carbocycles. The van der Waals surface area contributed by atoms with Crippen LogP contribution in [0, 0.1) is 0 Å². The zero-order valence-corrected chi connectivity index (χ0v) is 10.2. The smallest absolute Gasteiger partial charge is 0.271 e. The van der Waals surface area contributed by atoms with Crippen LogP contribution in [0.1, 0.15) is 16.9 Å². The molecule has 0 aromatic carbocycles. The number of hydrazine groups is 1. The molecule has 2 rings (SSSR count). The number of aryl methyl sites for hydroxylation is 1. The third-order valence-electron chi connectivity index (χ3n) is 2.37. The number of hydrogen-bond acceptors (Lipinski definition) is 7. The van der Waals surface area contributed by atoms with Gasteiger partial charge in [-0.15, -0.1) is 15.3 Å². The third-order valence-corrected chi connectivity index (χ3v) is 2.37. The molecule has 4 N–H and O–H groups in total. The fourth-order valence-electron chi connectivity index (χ4n) is 1.42. The lowest BCUT2D eigenvalue weighted by Gasteiger charge is -2.04. The van der Waals surface area contributed by atoms with Gasteiger partial charge in [0.15, 0.2) is 11.5 Å². The van der Waals surface area contributed by atoms with Crippen LogP contribution in [-0.2, 0) is 6.54 Å². The molecule has 0 aliphatic heterocycles. The minimum atomic E-state index is -0.269. The van der Waals surface area contributed by atoms with Crippen molar-refractivity contribution in [1.29, 1.82) is 0 Å². The first-order valence-corrected chi connectivity index (χ1v) is 5.72. The summed E-state index contributed by atoms with van der Waals surface area (Å²) < 4.78 is 1.70. The Balaban J connectivity index is 1.74. The Kier molecular flexibility index (Phi) is 4.34. The van der Waals surface area contributed by atoms with Gasteiger partial charge in [0.1, 0.15) is 0 Å². The van der Waals surface area contributed by atoms with Crippen molar-refractivity contribution in [3.05, 3.63) is 30.2 Å². The summed E-state index contributed by atoms with van der Waals surface area (Å²) in [6, 6.07) is 3.13. The van der Waals surface area contributed by atoms with Crippen LogP contribution < -0.4 is 16.6 Å². The molecule has 2 heterocycles. The van der Waals surface area contributed by atoms with Gasteiger partial charge in [-0.05, 0) is 18.6 Å². The zero-order chi connectivity index (χ0) is 13.5. The number of nitrogens with two attached hydrogens (primary N) is 1. The molecule has 0 radical (unpaired) electrons. The molecule has 9 heteroatoms. The van der Waals surface area contributed by atoms with Crippen LogP contribution in [0.15, 0.2) is 24.5 Å². The van der Waals surface area contributed by atoms with E-state index < -0.39 is 0 Å². The Hall–Kier alpha value is -2.55. The Labute approximate surface area is 109 Å². The number of amides is 1. The number of carbonyl (C=O) groups is 1. The quantitative estimate of drug-likeness (QED) is 0.353. The van der Waals surface area contributed by atoms with Crippen LogP contribution in [0.4, 0.5) is 5.82 Å². The van der Waals surface area contributed by atoms with Gasteiger partial charge in [0.2, 0.25) is 0 Å². The van der Waals surface area contributed by atoms with Crippen molar-refractivity contribution < 1.29 is 4.79 Å². The molecule has 2 aromatic heterocycles. The molecule has 0 saturated heterocycles. The second kappa shape index (κ2) is 6.40. The number of aromatic nitrogens is 5. The predicted octanol–water partition coefficient (Wildman–Crippen LogP) is -0.826. The lowest BCUT2D eigenvalue weighted by molar-refractivity contribution is 0.0946. The van der Waals surface area contributed by atoms with Crippen molar-refractivity contribution in [2.24, 2.45) is 5.84 Å². The monoisotopic (exact) mass is 262 g/mol. The standard InChI is InChI=1S/C10H14N8O/c11-14-9-3-2-8(15-16-9)10(19)12-4-1-6-18-7-5-13-17-18/h2-3,5,7H,1,4,6,11H2,(H,12,19)(H,14,16). The van der Waals surface area contributed by atoms with E-state index in [1.54, 1.807) is 29.2 Å². The highest BCUT2D eigenvalue weighted by atomic mass is 16.1. The first-order chi connectivity index (χ1) is 9.29. The molecule has 0 unspecified atom stereocenters. The maximum absolute atomic E-state index is 11.7. The fourth-order valence-corrected chi connectivity index (χ4v) is 1.42. The molecule has 19 heavy (non-hydrogen) atoms. The number of nitrogens with one attached hydrogen (secondary N) is 2. The van der Waals surface area contributed by atoms with Crippen molar-refractivity contribution in [2.45, 2.75) is 13.0 Å². The van der Waals surface area contributed by atoms with Gasteiger partial charge in [-0.25, -0.2) is 5.84 Å². The van der Waals surface area contributed by atoms with Gasteiger partial charge in [0.25, 0.3) is 5.91 Å². The summed E-state index contributed by atoms with van der Waals surface area (Å²) >= 11 is 0. The molecule has 0 bridgehead atoms. The van der Waals surface area contributed by atoms with Crippen LogP contribution in [0.3, 0.4) is 0 Å². The van der Waals surface area contributed by atoms with E-state index in [0.717, 1.165) is 6.42 Å². The number of anilines is 1. The van der Waals surface area contributed by atoms with Crippen molar-refractivity contribution >= 4 is 11.7 Å². The van der Waals surface area contributed by atoms with E-state index in [1.807, 2.05) is 0 Å². The Morgan fingerprint density at radius 1 is 1.37 bits per heavy atom. The maximum Gasteiger partial charge on any atom is 0.271 e. The minimum absolute atomic E-state index is 0.250. The molecule has 2 aromatic rings.